The topological polar surface area (TPSA) is 30.5 Å². The van der Waals surface area contributed by atoms with Gasteiger partial charge in [-0.1, -0.05) is 32.9 Å². The molecule has 1 rings (SSSR count). The van der Waals surface area contributed by atoms with Gasteiger partial charge in [0.1, 0.15) is 5.75 Å². The molecule has 0 saturated carbocycles. The zero-order valence-corrected chi connectivity index (χ0v) is 14.2. The van der Waals surface area contributed by atoms with Gasteiger partial charge >= 0.3 is 0 Å². The van der Waals surface area contributed by atoms with Gasteiger partial charge in [0.05, 0.1) is 19.3 Å². The fraction of sp³-hybridized carbons (Fsp3) is 0.667. The van der Waals surface area contributed by atoms with Crippen LogP contribution in [0.15, 0.2) is 24.3 Å². The van der Waals surface area contributed by atoms with Crippen molar-refractivity contribution in [3.63, 3.8) is 0 Å². The number of nitrogens with one attached hydrogen (secondary N) is 1. The van der Waals surface area contributed by atoms with Crippen LogP contribution in [-0.2, 0) is 4.74 Å². The van der Waals surface area contributed by atoms with Gasteiger partial charge in [-0.05, 0) is 49.9 Å². The Morgan fingerprint density at radius 1 is 1.10 bits per heavy atom. The average molecular weight is 293 g/mol. The first-order valence-corrected chi connectivity index (χ1v) is 8.06. The van der Waals surface area contributed by atoms with E-state index in [-0.39, 0.29) is 12.2 Å². The normalized spacial score (nSPS) is 14.2. The summed E-state index contributed by atoms with van der Waals surface area (Å²) < 4.78 is 11.5. The monoisotopic (exact) mass is 293 g/mol. The third-order valence-corrected chi connectivity index (χ3v) is 3.44. The molecule has 0 fully saturated rings. The highest BCUT2D eigenvalue weighted by atomic mass is 16.5. The lowest BCUT2D eigenvalue weighted by Gasteiger charge is -2.24. The third kappa shape index (κ3) is 6.96. The van der Waals surface area contributed by atoms with Crippen LogP contribution < -0.4 is 10.1 Å². The van der Waals surface area contributed by atoms with Crippen LogP contribution in [0.2, 0.25) is 0 Å². The van der Waals surface area contributed by atoms with Gasteiger partial charge < -0.3 is 14.8 Å². The molecule has 0 saturated heterocycles. The van der Waals surface area contributed by atoms with Crippen molar-refractivity contribution in [2.75, 3.05) is 20.2 Å². The minimum Gasteiger partial charge on any atom is -0.497 e. The van der Waals surface area contributed by atoms with Gasteiger partial charge in [0.15, 0.2) is 0 Å². The number of ether oxygens (including phenoxy) is 2. The van der Waals surface area contributed by atoms with Crippen molar-refractivity contribution in [1.29, 1.82) is 0 Å². The van der Waals surface area contributed by atoms with Crippen molar-refractivity contribution >= 4 is 0 Å². The maximum atomic E-state index is 6.26. The lowest BCUT2D eigenvalue weighted by Crippen LogP contribution is -2.27. The summed E-state index contributed by atoms with van der Waals surface area (Å²) in [4.78, 5) is 0. The van der Waals surface area contributed by atoms with Gasteiger partial charge in [-0.3, -0.25) is 0 Å². The summed E-state index contributed by atoms with van der Waals surface area (Å²) in [6, 6.07) is 8.19. The van der Waals surface area contributed by atoms with Crippen LogP contribution in [0.3, 0.4) is 0 Å². The highest BCUT2D eigenvalue weighted by Crippen LogP contribution is 2.23. The molecule has 0 aliphatic rings. The molecule has 0 aliphatic heterocycles. The third-order valence-electron chi connectivity index (χ3n) is 3.44. The molecule has 21 heavy (non-hydrogen) atoms. The number of methoxy groups -OCH3 is 1. The molecule has 0 spiro atoms. The van der Waals surface area contributed by atoms with E-state index in [0.29, 0.717) is 5.92 Å². The molecule has 3 nitrogen and oxygen atoms in total. The number of rotatable bonds is 10. The highest BCUT2D eigenvalue weighted by molar-refractivity contribution is 5.28. The van der Waals surface area contributed by atoms with E-state index in [1.54, 1.807) is 7.11 Å². The van der Waals surface area contributed by atoms with Crippen LogP contribution in [-0.4, -0.2) is 26.3 Å². The van der Waals surface area contributed by atoms with Crippen molar-refractivity contribution in [3.05, 3.63) is 29.8 Å². The van der Waals surface area contributed by atoms with Crippen LogP contribution in [0.4, 0.5) is 0 Å². The second-order valence-electron chi connectivity index (χ2n) is 6.04. The highest BCUT2D eigenvalue weighted by Gasteiger charge is 2.16. The van der Waals surface area contributed by atoms with Gasteiger partial charge in [0.2, 0.25) is 0 Å². The van der Waals surface area contributed by atoms with Gasteiger partial charge in [-0.25, -0.2) is 0 Å². The van der Waals surface area contributed by atoms with E-state index in [0.717, 1.165) is 31.7 Å². The van der Waals surface area contributed by atoms with E-state index >= 15 is 0 Å². The van der Waals surface area contributed by atoms with E-state index in [2.05, 4.69) is 45.1 Å². The second-order valence-corrected chi connectivity index (χ2v) is 6.04. The molecule has 2 atom stereocenters. The van der Waals surface area contributed by atoms with Crippen LogP contribution >= 0.6 is 0 Å². The van der Waals surface area contributed by atoms with Crippen LogP contribution in [0.1, 0.15) is 52.2 Å². The summed E-state index contributed by atoms with van der Waals surface area (Å²) in [6.45, 7) is 10.7. The standard InChI is InChI=1S/C18H31NO2/c1-6-11-19-13-18(21-15(4)12-14(2)3)16-7-9-17(20-5)10-8-16/h7-10,14-15,18-19H,6,11-13H2,1-5H3. The number of hydrogen-bond acceptors (Lipinski definition) is 3. The molecule has 3 heteroatoms. The van der Waals surface area contributed by atoms with E-state index in [1.807, 2.05) is 12.1 Å². The van der Waals surface area contributed by atoms with E-state index in [1.165, 1.54) is 5.56 Å². The predicted octanol–water partition coefficient (Wildman–Crippen LogP) is 4.19. The fourth-order valence-electron chi connectivity index (χ4n) is 2.47. The molecule has 0 bridgehead atoms. The summed E-state index contributed by atoms with van der Waals surface area (Å²) in [5, 5.41) is 3.46. The zero-order chi connectivity index (χ0) is 15.7. The van der Waals surface area contributed by atoms with Crippen molar-refractivity contribution in [1.82, 2.24) is 5.32 Å². The first-order chi connectivity index (χ1) is 10.1. The molecular weight excluding hydrogens is 262 g/mol. The van der Waals surface area contributed by atoms with E-state index in [4.69, 9.17) is 9.47 Å². The fourth-order valence-corrected chi connectivity index (χ4v) is 2.47. The summed E-state index contributed by atoms with van der Waals surface area (Å²) in [5.41, 5.74) is 1.20. The Balaban J connectivity index is 2.69. The quantitative estimate of drug-likeness (QED) is 0.656. The Labute approximate surface area is 130 Å². The van der Waals surface area contributed by atoms with E-state index < -0.39 is 0 Å². The molecule has 0 aromatic heterocycles. The molecule has 1 aromatic carbocycles. The molecule has 0 aliphatic carbocycles. The minimum absolute atomic E-state index is 0.0937. The van der Waals surface area contributed by atoms with Gasteiger partial charge in [-0.2, -0.15) is 0 Å². The Morgan fingerprint density at radius 3 is 2.29 bits per heavy atom. The van der Waals surface area contributed by atoms with Crippen molar-refractivity contribution in [2.45, 2.75) is 52.7 Å². The summed E-state index contributed by atoms with van der Waals surface area (Å²) in [5.74, 6) is 1.54. The second kappa shape index (κ2) is 9.80. The van der Waals surface area contributed by atoms with Gasteiger partial charge in [0, 0.05) is 6.54 Å². The Morgan fingerprint density at radius 2 is 1.76 bits per heavy atom. The zero-order valence-electron chi connectivity index (χ0n) is 14.2. The largest absolute Gasteiger partial charge is 0.497 e. The minimum atomic E-state index is 0.0937. The Hall–Kier alpha value is -1.06. The summed E-state index contributed by atoms with van der Waals surface area (Å²) in [6.07, 6.45) is 2.58. The SMILES string of the molecule is CCCNCC(OC(C)CC(C)C)c1ccc(OC)cc1. The van der Waals surface area contributed by atoms with Crippen LogP contribution in [0.5, 0.6) is 5.75 Å². The average Bonchev–Trinajstić information content (AvgIpc) is 2.46. The molecule has 0 amide bonds. The Kier molecular flexibility index (Phi) is 8.40. The summed E-state index contributed by atoms with van der Waals surface area (Å²) in [7, 11) is 1.69. The number of hydrogen-bond donors (Lipinski definition) is 1. The van der Waals surface area contributed by atoms with Crippen molar-refractivity contribution < 1.29 is 9.47 Å². The molecule has 1 aromatic rings. The lowest BCUT2D eigenvalue weighted by atomic mass is 10.1. The predicted molar refractivity (Wildman–Crippen MR) is 88.9 cm³/mol. The van der Waals surface area contributed by atoms with Crippen LogP contribution in [0, 0.1) is 5.92 Å². The maximum Gasteiger partial charge on any atom is 0.118 e. The number of benzene rings is 1. The van der Waals surface area contributed by atoms with E-state index in [9.17, 15) is 0 Å². The first kappa shape index (κ1) is 18.0. The van der Waals surface area contributed by atoms with Crippen molar-refractivity contribution in [3.8, 4) is 5.75 Å². The maximum absolute atomic E-state index is 6.26. The molecule has 0 radical (unpaired) electrons. The van der Waals surface area contributed by atoms with Gasteiger partial charge in [0.25, 0.3) is 0 Å². The first-order valence-electron chi connectivity index (χ1n) is 8.06. The smallest absolute Gasteiger partial charge is 0.118 e. The van der Waals surface area contributed by atoms with Crippen LogP contribution in [0.25, 0.3) is 0 Å². The molecular formula is C18H31NO2. The molecule has 0 heterocycles. The lowest BCUT2D eigenvalue weighted by molar-refractivity contribution is -0.0125. The molecule has 120 valence electrons. The summed E-state index contributed by atoms with van der Waals surface area (Å²) >= 11 is 0. The van der Waals surface area contributed by atoms with Gasteiger partial charge in [-0.15, -0.1) is 0 Å². The van der Waals surface area contributed by atoms with Crippen molar-refractivity contribution in [2.24, 2.45) is 5.92 Å². The Bertz CT molecular complexity index is 375. The molecule has 1 N–H and O–H groups in total. The molecule has 2 unspecified atom stereocenters.